The van der Waals surface area contributed by atoms with Crippen molar-refractivity contribution in [3.63, 3.8) is 0 Å². The molecule has 0 bridgehead atoms. The van der Waals surface area contributed by atoms with Crippen molar-refractivity contribution in [3.8, 4) is 0 Å². The predicted molar refractivity (Wildman–Crippen MR) is 321 cm³/mol. The minimum absolute atomic E-state index is 0.108. The Morgan fingerprint density at radius 2 is 0.480 bits per heavy atom. The fourth-order valence-electron chi connectivity index (χ4n) is 9.95. The topological polar surface area (TPSA) is 61.3 Å². The zero-order chi connectivity index (χ0) is 54.7. The summed E-state index contributed by atoms with van der Waals surface area (Å²) in [6.45, 7) is 41.1. The molecule has 0 N–H and O–H groups in total. The van der Waals surface area contributed by atoms with Crippen molar-refractivity contribution in [2.75, 3.05) is 14.7 Å². The van der Waals surface area contributed by atoms with Crippen LogP contribution in [0.4, 0.5) is 51.8 Å². The number of benzene rings is 3. The zero-order valence-corrected chi connectivity index (χ0v) is 49.2. The number of rotatable bonds is 15. The van der Waals surface area contributed by atoms with E-state index in [4.69, 9.17) is 19.9 Å². The second-order valence-corrected chi connectivity index (χ2v) is 28.5. The molecule has 7 nitrogen and oxygen atoms in total. The largest absolute Gasteiger partial charge is 0.295 e. The highest BCUT2D eigenvalue weighted by molar-refractivity contribution is 5.84. The molecule has 0 aliphatic carbocycles. The van der Waals surface area contributed by atoms with Crippen LogP contribution in [0.5, 0.6) is 0 Å². The molecule has 3 aromatic carbocycles. The molecule has 7 heteroatoms. The van der Waals surface area contributed by atoms with E-state index >= 15 is 0 Å². The minimum atomic E-state index is 0.108. The molecule has 0 saturated carbocycles. The molecular formula is C68H89N7. The highest BCUT2D eigenvalue weighted by atomic mass is 15.3. The summed E-state index contributed by atoms with van der Waals surface area (Å²) in [7, 11) is 0. The Balaban J connectivity index is 1.54. The Labute approximate surface area is 453 Å². The van der Waals surface area contributed by atoms with Crippen LogP contribution in [0, 0.1) is 32.5 Å². The summed E-state index contributed by atoms with van der Waals surface area (Å²) in [5, 5.41) is 0. The smallest absolute Gasteiger partial charge is 0.143 e. The summed E-state index contributed by atoms with van der Waals surface area (Å²) in [6.07, 6.45) is 11.7. The van der Waals surface area contributed by atoms with Crippen LogP contribution in [-0.4, -0.2) is 19.9 Å². The van der Waals surface area contributed by atoms with Gasteiger partial charge in [-0.25, -0.2) is 19.9 Å². The molecule has 7 rings (SSSR count). The van der Waals surface area contributed by atoms with Gasteiger partial charge in [0.15, 0.2) is 0 Å². The quantitative estimate of drug-likeness (QED) is 0.101. The van der Waals surface area contributed by atoms with E-state index in [1.54, 1.807) is 0 Å². The summed E-state index contributed by atoms with van der Waals surface area (Å²) in [5.41, 5.74) is 12.0. The standard InChI is InChI=1S/C68H89N7/c1-63(2,3)39-48-19-28-54(29-20-48)73(58-34-25-51(45-69-58)42-66(10,11)12)57-37-61(74(55-30-21-49(22-31-55)40-64(4,5)6)59-35-26-52(46-70-59)43-67(13,14)15)72-62(38-57)75(56-32-23-50(24-33-56)41-65(7,8)9)60-36-27-53(47-71-60)44-68(16,17)18/h19-38,45-47H,39-44H2,1-18H3. The van der Waals surface area contributed by atoms with Gasteiger partial charge in [-0.3, -0.25) is 14.7 Å². The van der Waals surface area contributed by atoms with Crippen LogP contribution in [0.3, 0.4) is 0 Å². The van der Waals surface area contributed by atoms with E-state index in [9.17, 15) is 0 Å². The van der Waals surface area contributed by atoms with Crippen LogP contribution in [0.2, 0.25) is 0 Å². The number of hydrogen-bond donors (Lipinski definition) is 0. The van der Waals surface area contributed by atoms with Crippen LogP contribution < -0.4 is 14.7 Å². The predicted octanol–water partition coefficient (Wildman–Crippen LogP) is 19.2. The second-order valence-electron chi connectivity index (χ2n) is 28.5. The fourth-order valence-corrected chi connectivity index (χ4v) is 9.95. The summed E-state index contributed by atoms with van der Waals surface area (Å²) in [5.74, 6) is 3.78. The molecule has 0 unspecified atom stereocenters. The third-order valence-electron chi connectivity index (χ3n) is 12.6. The van der Waals surface area contributed by atoms with E-state index in [1.807, 2.05) is 18.6 Å². The van der Waals surface area contributed by atoms with Gasteiger partial charge in [-0.2, -0.15) is 0 Å². The van der Waals surface area contributed by atoms with Crippen LogP contribution >= 0.6 is 0 Å². The van der Waals surface area contributed by atoms with Crippen molar-refractivity contribution in [2.24, 2.45) is 32.5 Å². The van der Waals surface area contributed by atoms with Crippen molar-refractivity contribution in [1.29, 1.82) is 0 Å². The molecule has 396 valence electrons. The molecule has 7 aromatic rings. The van der Waals surface area contributed by atoms with Gasteiger partial charge in [0.25, 0.3) is 0 Å². The molecule has 0 aliphatic heterocycles. The second kappa shape index (κ2) is 22.1. The highest BCUT2D eigenvalue weighted by Crippen LogP contribution is 2.44. The van der Waals surface area contributed by atoms with Crippen molar-refractivity contribution in [3.05, 3.63) is 173 Å². The molecule has 4 heterocycles. The zero-order valence-electron chi connectivity index (χ0n) is 49.2. The molecule has 0 amide bonds. The van der Waals surface area contributed by atoms with E-state index in [0.717, 1.165) is 78.7 Å². The fraction of sp³-hybridized carbons (Fsp3) is 0.441. The third-order valence-corrected chi connectivity index (χ3v) is 12.6. The van der Waals surface area contributed by atoms with Gasteiger partial charge in [-0.15, -0.1) is 0 Å². The first-order chi connectivity index (χ1) is 34.8. The monoisotopic (exact) mass is 1000 g/mol. The Morgan fingerprint density at radius 3 is 0.720 bits per heavy atom. The number of anilines is 9. The molecule has 0 fully saturated rings. The lowest BCUT2D eigenvalue weighted by Gasteiger charge is -2.31. The number of hydrogen-bond acceptors (Lipinski definition) is 7. The third kappa shape index (κ3) is 16.8. The first-order valence-corrected chi connectivity index (χ1v) is 27.4. The lowest BCUT2D eigenvalue weighted by molar-refractivity contribution is 0.410. The highest BCUT2D eigenvalue weighted by Gasteiger charge is 2.27. The number of aromatic nitrogens is 4. The van der Waals surface area contributed by atoms with Gasteiger partial charge in [0.1, 0.15) is 29.1 Å². The van der Waals surface area contributed by atoms with E-state index in [-0.39, 0.29) is 32.5 Å². The van der Waals surface area contributed by atoms with Gasteiger partial charge in [-0.05, 0) is 159 Å². The molecule has 0 radical (unpaired) electrons. The molecule has 0 atom stereocenters. The number of pyridine rings is 4. The Hall–Kier alpha value is -6.34. The molecule has 75 heavy (non-hydrogen) atoms. The normalized spacial score (nSPS) is 12.7. The molecular weight excluding hydrogens is 915 g/mol. The van der Waals surface area contributed by atoms with Crippen molar-refractivity contribution >= 4 is 51.8 Å². The lowest BCUT2D eigenvalue weighted by Crippen LogP contribution is -2.20. The van der Waals surface area contributed by atoms with Gasteiger partial charge in [-0.1, -0.05) is 179 Å². The van der Waals surface area contributed by atoms with E-state index < -0.39 is 0 Å². The van der Waals surface area contributed by atoms with Crippen LogP contribution in [0.15, 0.2) is 140 Å². The summed E-state index contributed by atoms with van der Waals surface area (Å²) in [6, 6.07) is 44.5. The Bertz CT molecular complexity index is 2410. The first kappa shape index (κ1) is 56.4. The van der Waals surface area contributed by atoms with E-state index in [1.165, 1.54) is 33.4 Å². The minimum Gasteiger partial charge on any atom is -0.295 e. The first-order valence-electron chi connectivity index (χ1n) is 27.4. The molecule has 4 aromatic heterocycles. The number of nitrogens with zero attached hydrogens (tertiary/aromatic N) is 7. The van der Waals surface area contributed by atoms with Crippen molar-refractivity contribution < 1.29 is 0 Å². The van der Waals surface area contributed by atoms with Crippen LogP contribution in [0.1, 0.15) is 158 Å². The summed E-state index contributed by atoms with van der Waals surface area (Å²) >= 11 is 0. The van der Waals surface area contributed by atoms with Crippen LogP contribution in [0.25, 0.3) is 0 Å². The summed E-state index contributed by atoms with van der Waals surface area (Å²) < 4.78 is 0. The van der Waals surface area contributed by atoms with Crippen LogP contribution in [-0.2, 0) is 38.5 Å². The Kier molecular flexibility index (Phi) is 16.6. The lowest BCUT2D eigenvalue weighted by atomic mass is 9.88. The van der Waals surface area contributed by atoms with Gasteiger partial charge < -0.3 is 0 Å². The Morgan fingerprint density at radius 1 is 0.253 bits per heavy atom. The summed E-state index contributed by atoms with van der Waals surface area (Å²) in [4.78, 5) is 28.3. The molecule has 0 spiro atoms. The van der Waals surface area contributed by atoms with Gasteiger partial charge >= 0.3 is 0 Å². The average Bonchev–Trinajstić information content (AvgIpc) is 3.27. The van der Waals surface area contributed by atoms with E-state index in [0.29, 0.717) is 11.6 Å². The molecule has 0 aliphatic rings. The van der Waals surface area contributed by atoms with Gasteiger partial charge in [0, 0.05) is 47.8 Å². The maximum Gasteiger partial charge on any atom is 0.143 e. The van der Waals surface area contributed by atoms with Gasteiger partial charge in [0.2, 0.25) is 0 Å². The SMILES string of the molecule is CC(C)(C)Cc1ccc(N(c2cc(N(c3ccc(CC(C)(C)C)cc3)c3ccc(CC(C)(C)C)cn3)nc(N(c3ccc(CC(C)(C)C)cc3)c3ccc(CC(C)(C)C)cn3)c2)c2ccc(CC(C)(C)C)cn2)cc1. The van der Waals surface area contributed by atoms with Crippen molar-refractivity contribution in [2.45, 2.75) is 163 Å². The van der Waals surface area contributed by atoms with Gasteiger partial charge in [0.05, 0.1) is 5.69 Å². The maximum atomic E-state index is 5.77. The molecule has 0 saturated heterocycles. The van der Waals surface area contributed by atoms with Crippen molar-refractivity contribution in [1.82, 2.24) is 19.9 Å². The van der Waals surface area contributed by atoms with E-state index in [2.05, 4.69) is 261 Å². The maximum absolute atomic E-state index is 5.77. The average molecular weight is 1000 g/mol.